The van der Waals surface area contributed by atoms with Gasteiger partial charge in [-0.05, 0) is 37.5 Å². The Morgan fingerprint density at radius 1 is 1.45 bits per heavy atom. The molecule has 0 spiro atoms. The number of benzene rings is 1. The first kappa shape index (κ1) is 15.5. The minimum atomic E-state index is -3.83. The molecule has 5 nitrogen and oxygen atoms in total. The van der Waals surface area contributed by atoms with E-state index in [0.717, 1.165) is 6.42 Å². The number of rotatable bonds is 5. The highest BCUT2D eigenvalue weighted by Gasteiger charge is 2.24. The normalized spacial score (nSPS) is 16.8. The molecule has 0 aliphatic heterocycles. The Morgan fingerprint density at radius 3 is 2.65 bits per heavy atom. The largest absolute Gasteiger partial charge is 0.350 e. The van der Waals surface area contributed by atoms with E-state index in [9.17, 15) is 13.2 Å². The molecule has 20 heavy (non-hydrogen) atoms. The fourth-order valence-electron chi connectivity index (χ4n) is 2.08. The summed E-state index contributed by atoms with van der Waals surface area (Å²) >= 11 is 3.19. The van der Waals surface area contributed by atoms with Gasteiger partial charge in [-0.25, -0.2) is 13.6 Å². The van der Waals surface area contributed by atoms with Gasteiger partial charge in [-0.15, -0.1) is 0 Å². The van der Waals surface area contributed by atoms with E-state index in [4.69, 9.17) is 5.14 Å². The first-order valence-electron chi connectivity index (χ1n) is 6.40. The highest BCUT2D eigenvalue weighted by atomic mass is 79.9. The second-order valence-electron chi connectivity index (χ2n) is 5.27. The molecule has 1 amide bonds. The van der Waals surface area contributed by atoms with Gasteiger partial charge < -0.3 is 5.32 Å². The van der Waals surface area contributed by atoms with Crippen LogP contribution < -0.4 is 10.5 Å². The number of nitrogens with one attached hydrogen (secondary N) is 1. The number of hydrogen-bond acceptors (Lipinski definition) is 3. The molecule has 1 fully saturated rings. The molecule has 1 aromatic rings. The van der Waals surface area contributed by atoms with Crippen molar-refractivity contribution >= 4 is 31.9 Å². The van der Waals surface area contributed by atoms with Gasteiger partial charge in [0.25, 0.3) is 5.91 Å². The van der Waals surface area contributed by atoms with Crippen molar-refractivity contribution in [2.75, 3.05) is 0 Å². The van der Waals surface area contributed by atoms with Gasteiger partial charge in [0.2, 0.25) is 10.0 Å². The maximum absolute atomic E-state index is 12.1. The molecule has 7 heteroatoms. The van der Waals surface area contributed by atoms with Crippen LogP contribution in [0.4, 0.5) is 0 Å². The maximum Gasteiger partial charge on any atom is 0.251 e. The average molecular weight is 361 g/mol. The van der Waals surface area contributed by atoms with Crippen molar-refractivity contribution in [2.24, 2.45) is 11.1 Å². The van der Waals surface area contributed by atoms with E-state index in [2.05, 4.69) is 21.2 Å². The lowest BCUT2D eigenvalue weighted by Crippen LogP contribution is -2.33. The third-order valence-corrected chi connectivity index (χ3v) is 4.57. The standard InChI is InChI=1S/C13H17BrN2O3S/c1-8(4-9-2-3-9)16-13(17)10-5-11(14)7-12(6-10)20(15,18)19/h5-9H,2-4H2,1H3,(H,16,17)(H2,15,18,19). The number of sulfonamides is 1. The molecule has 1 saturated carbocycles. The second kappa shape index (κ2) is 5.83. The summed E-state index contributed by atoms with van der Waals surface area (Å²) in [5.41, 5.74) is 0.283. The van der Waals surface area contributed by atoms with E-state index in [1.807, 2.05) is 6.92 Å². The van der Waals surface area contributed by atoms with Crippen LogP contribution >= 0.6 is 15.9 Å². The van der Waals surface area contributed by atoms with Gasteiger partial charge in [0.05, 0.1) is 4.90 Å². The summed E-state index contributed by atoms with van der Waals surface area (Å²) in [4.78, 5) is 12.0. The molecule has 2 rings (SSSR count). The van der Waals surface area contributed by atoms with Crippen LogP contribution in [0.3, 0.4) is 0 Å². The molecule has 1 aliphatic rings. The number of hydrogen-bond donors (Lipinski definition) is 2. The first-order valence-corrected chi connectivity index (χ1v) is 8.74. The van der Waals surface area contributed by atoms with E-state index in [1.54, 1.807) is 6.07 Å². The minimum absolute atomic E-state index is 0.0758. The summed E-state index contributed by atoms with van der Waals surface area (Å²) < 4.78 is 23.2. The summed E-state index contributed by atoms with van der Waals surface area (Å²) in [6.07, 6.45) is 3.42. The third-order valence-electron chi connectivity index (χ3n) is 3.22. The van der Waals surface area contributed by atoms with Crippen LogP contribution in [0.2, 0.25) is 0 Å². The average Bonchev–Trinajstić information content (AvgIpc) is 3.10. The topological polar surface area (TPSA) is 89.3 Å². The van der Waals surface area contributed by atoms with E-state index < -0.39 is 10.0 Å². The Balaban J connectivity index is 2.14. The Kier molecular flexibility index (Phi) is 4.51. The van der Waals surface area contributed by atoms with Crippen molar-refractivity contribution in [3.05, 3.63) is 28.2 Å². The number of amides is 1. The Hall–Kier alpha value is -0.920. The molecule has 3 N–H and O–H groups in total. The van der Waals surface area contributed by atoms with Crippen LogP contribution in [0.25, 0.3) is 0 Å². The number of nitrogens with two attached hydrogens (primary N) is 1. The van der Waals surface area contributed by atoms with E-state index in [-0.39, 0.29) is 22.4 Å². The number of primary sulfonamides is 1. The zero-order valence-electron chi connectivity index (χ0n) is 11.1. The molecular formula is C13H17BrN2O3S. The summed E-state index contributed by atoms with van der Waals surface area (Å²) in [5.74, 6) is 0.428. The number of carbonyl (C=O) groups is 1. The van der Waals surface area contributed by atoms with Gasteiger partial charge >= 0.3 is 0 Å². The van der Waals surface area contributed by atoms with E-state index in [0.29, 0.717) is 10.4 Å². The molecule has 1 aromatic carbocycles. The Morgan fingerprint density at radius 2 is 2.10 bits per heavy atom. The molecule has 0 bridgehead atoms. The predicted octanol–water partition coefficient (Wildman–Crippen LogP) is 2.01. The molecule has 1 atom stereocenters. The van der Waals surface area contributed by atoms with Gasteiger partial charge in [0.1, 0.15) is 0 Å². The van der Waals surface area contributed by atoms with Crippen molar-refractivity contribution in [3.8, 4) is 0 Å². The van der Waals surface area contributed by atoms with Gasteiger partial charge in [-0.1, -0.05) is 28.8 Å². The second-order valence-corrected chi connectivity index (χ2v) is 7.75. The maximum atomic E-state index is 12.1. The fraction of sp³-hybridized carbons (Fsp3) is 0.462. The molecule has 0 radical (unpaired) electrons. The zero-order chi connectivity index (χ0) is 14.9. The van der Waals surface area contributed by atoms with Crippen LogP contribution in [-0.4, -0.2) is 20.4 Å². The van der Waals surface area contributed by atoms with Crippen molar-refractivity contribution in [3.63, 3.8) is 0 Å². The molecule has 110 valence electrons. The van der Waals surface area contributed by atoms with Crippen LogP contribution in [0.1, 0.15) is 36.5 Å². The molecule has 1 unspecified atom stereocenters. The van der Waals surface area contributed by atoms with Gasteiger partial charge in [0, 0.05) is 16.1 Å². The fourth-order valence-corrected chi connectivity index (χ4v) is 3.30. The highest BCUT2D eigenvalue weighted by molar-refractivity contribution is 9.10. The van der Waals surface area contributed by atoms with E-state index >= 15 is 0 Å². The molecular weight excluding hydrogens is 344 g/mol. The summed E-state index contributed by atoms with van der Waals surface area (Å²) in [6, 6.07) is 4.32. The van der Waals surface area contributed by atoms with Crippen molar-refractivity contribution in [1.29, 1.82) is 0 Å². The Labute approximate surface area is 127 Å². The van der Waals surface area contributed by atoms with Crippen LogP contribution in [-0.2, 0) is 10.0 Å². The molecule has 0 heterocycles. The molecule has 1 aliphatic carbocycles. The van der Waals surface area contributed by atoms with Crippen molar-refractivity contribution in [1.82, 2.24) is 5.32 Å². The lowest BCUT2D eigenvalue weighted by atomic mass is 10.1. The third kappa shape index (κ3) is 4.29. The van der Waals surface area contributed by atoms with E-state index in [1.165, 1.54) is 25.0 Å². The van der Waals surface area contributed by atoms with Gasteiger partial charge in [0.15, 0.2) is 0 Å². The van der Waals surface area contributed by atoms with Crippen LogP contribution in [0.15, 0.2) is 27.6 Å². The van der Waals surface area contributed by atoms with Gasteiger partial charge in [-0.2, -0.15) is 0 Å². The smallest absolute Gasteiger partial charge is 0.251 e. The van der Waals surface area contributed by atoms with Gasteiger partial charge in [-0.3, -0.25) is 4.79 Å². The first-order chi connectivity index (χ1) is 9.25. The lowest BCUT2D eigenvalue weighted by molar-refractivity contribution is 0.0937. The Bertz CT molecular complexity index is 627. The molecule has 0 aromatic heterocycles. The monoisotopic (exact) mass is 360 g/mol. The van der Waals surface area contributed by atoms with Crippen LogP contribution in [0.5, 0.6) is 0 Å². The minimum Gasteiger partial charge on any atom is -0.350 e. The highest BCUT2D eigenvalue weighted by Crippen LogP contribution is 2.33. The van der Waals surface area contributed by atoms with Crippen molar-refractivity contribution < 1.29 is 13.2 Å². The summed E-state index contributed by atoms with van der Waals surface area (Å²) in [7, 11) is -3.83. The molecule has 0 saturated heterocycles. The predicted molar refractivity (Wildman–Crippen MR) is 79.8 cm³/mol. The van der Waals surface area contributed by atoms with Crippen molar-refractivity contribution in [2.45, 2.75) is 37.1 Å². The number of halogens is 1. The number of carbonyl (C=O) groups excluding carboxylic acids is 1. The van der Waals surface area contributed by atoms with Crippen LogP contribution in [0, 0.1) is 5.92 Å². The summed E-state index contributed by atoms with van der Waals surface area (Å²) in [6.45, 7) is 1.95. The lowest BCUT2D eigenvalue weighted by Gasteiger charge is -2.14. The summed E-state index contributed by atoms with van der Waals surface area (Å²) in [5, 5.41) is 7.97. The quantitative estimate of drug-likeness (QED) is 0.841. The SMILES string of the molecule is CC(CC1CC1)NC(=O)c1cc(Br)cc(S(N)(=O)=O)c1. The zero-order valence-corrected chi connectivity index (χ0v) is 13.5.